The van der Waals surface area contributed by atoms with E-state index in [1.807, 2.05) is 25.1 Å². The Morgan fingerprint density at radius 2 is 2.16 bits per heavy atom. The van der Waals surface area contributed by atoms with E-state index < -0.39 is 0 Å². The summed E-state index contributed by atoms with van der Waals surface area (Å²) in [5.74, 6) is 1.04. The zero-order chi connectivity index (χ0) is 13.8. The van der Waals surface area contributed by atoms with E-state index in [1.54, 1.807) is 0 Å². The Bertz CT molecular complexity index is 559. The third-order valence-electron chi connectivity index (χ3n) is 2.76. The van der Waals surface area contributed by atoms with Crippen molar-refractivity contribution in [2.45, 2.75) is 26.3 Å². The van der Waals surface area contributed by atoms with Gasteiger partial charge in [-0.15, -0.1) is 10.2 Å². The molecule has 0 saturated heterocycles. The van der Waals surface area contributed by atoms with Crippen molar-refractivity contribution in [2.75, 3.05) is 6.54 Å². The second-order valence-corrected chi connectivity index (χ2v) is 5.41. The molecular formula is C13H15BrClN3O. The van der Waals surface area contributed by atoms with E-state index in [-0.39, 0.29) is 6.04 Å². The van der Waals surface area contributed by atoms with Crippen molar-refractivity contribution < 1.29 is 4.42 Å². The Hall–Kier alpha value is -0.910. The molecule has 2 aromatic rings. The maximum absolute atomic E-state index is 6.17. The number of nitrogens with zero attached hydrogens (tertiary/aromatic N) is 2. The molecule has 0 aliphatic heterocycles. The van der Waals surface area contributed by atoms with Crippen molar-refractivity contribution in [2.24, 2.45) is 0 Å². The van der Waals surface area contributed by atoms with Gasteiger partial charge in [-0.05, 0) is 31.2 Å². The van der Waals surface area contributed by atoms with Gasteiger partial charge >= 0.3 is 0 Å². The molecule has 2 rings (SSSR count). The number of hydrogen-bond acceptors (Lipinski definition) is 4. The molecule has 4 nitrogen and oxygen atoms in total. The monoisotopic (exact) mass is 343 g/mol. The largest absolute Gasteiger partial charge is 0.419 e. The third kappa shape index (κ3) is 3.35. The molecule has 19 heavy (non-hydrogen) atoms. The highest BCUT2D eigenvalue weighted by Crippen LogP contribution is 2.30. The maximum atomic E-state index is 6.17. The predicted octanol–water partition coefficient (Wildman–Crippen LogP) is 4.21. The SMILES string of the molecule is CCNC(CC)c1nnc(-c2ccc(Br)cc2Cl)o1. The normalized spacial score (nSPS) is 12.6. The minimum absolute atomic E-state index is 0.0838. The fourth-order valence-corrected chi connectivity index (χ4v) is 2.55. The van der Waals surface area contributed by atoms with Crippen LogP contribution in [0, 0.1) is 0 Å². The van der Waals surface area contributed by atoms with Crippen LogP contribution < -0.4 is 5.32 Å². The predicted molar refractivity (Wildman–Crippen MR) is 79.2 cm³/mol. The molecule has 0 spiro atoms. The minimum Gasteiger partial charge on any atom is -0.419 e. The van der Waals surface area contributed by atoms with E-state index in [2.05, 4.69) is 38.4 Å². The molecule has 0 amide bonds. The summed E-state index contributed by atoms with van der Waals surface area (Å²) in [4.78, 5) is 0. The zero-order valence-corrected chi connectivity index (χ0v) is 13.1. The van der Waals surface area contributed by atoms with Crippen LogP contribution in [0.1, 0.15) is 32.2 Å². The molecule has 1 aromatic heterocycles. The summed E-state index contributed by atoms with van der Waals surface area (Å²) in [6.07, 6.45) is 0.892. The second-order valence-electron chi connectivity index (χ2n) is 4.09. The summed E-state index contributed by atoms with van der Waals surface area (Å²) in [6.45, 7) is 4.98. The lowest BCUT2D eigenvalue weighted by molar-refractivity contribution is 0.402. The lowest BCUT2D eigenvalue weighted by Gasteiger charge is -2.10. The zero-order valence-electron chi connectivity index (χ0n) is 10.8. The molecule has 6 heteroatoms. The second kappa shape index (κ2) is 6.50. The number of halogens is 2. The van der Waals surface area contributed by atoms with Crippen LogP contribution >= 0.6 is 27.5 Å². The van der Waals surface area contributed by atoms with E-state index in [0.717, 1.165) is 23.0 Å². The fraction of sp³-hybridized carbons (Fsp3) is 0.385. The van der Waals surface area contributed by atoms with Crippen molar-refractivity contribution in [1.82, 2.24) is 15.5 Å². The summed E-state index contributed by atoms with van der Waals surface area (Å²) >= 11 is 9.54. The van der Waals surface area contributed by atoms with E-state index in [4.69, 9.17) is 16.0 Å². The Morgan fingerprint density at radius 3 is 2.79 bits per heavy atom. The van der Waals surface area contributed by atoms with Gasteiger partial charge in [-0.25, -0.2) is 0 Å². The maximum Gasteiger partial charge on any atom is 0.249 e. The number of nitrogens with one attached hydrogen (secondary N) is 1. The first-order valence-electron chi connectivity index (χ1n) is 6.17. The Morgan fingerprint density at radius 1 is 1.37 bits per heavy atom. The molecule has 1 heterocycles. The van der Waals surface area contributed by atoms with Gasteiger partial charge in [-0.1, -0.05) is 41.4 Å². The molecule has 0 aliphatic carbocycles. The van der Waals surface area contributed by atoms with Crippen molar-refractivity contribution in [3.8, 4) is 11.5 Å². The highest BCUT2D eigenvalue weighted by Gasteiger charge is 2.17. The summed E-state index contributed by atoms with van der Waals surface area (Å²) in [5.41, 5.74) is 0.745. The van der Waals surface area contributed by atoms with E-state index in [1.165, 1.54) is 0 Å². The molecule has 0 aliphatic rings. The molecular weight excluding hydrogens is 330 g/mol. The van der Waals surface area contributed by atoms with Gasteiger partial charge in [0.1, 0.15) is 0 Å². The Labute approximate surface area is 125 Å². The standard InChI is InChI=1S/C13H15BrClN3O/c1-3-11(16-4-2)13-18-17-12(19-13)9-6-5-8(14)7-10(9)15/h5-7,11,16H,3-4H2,1-2H3. The van der Waals surface area contributed by atoms with Gasteiger partial charge in [0.15, 0.2) is 0 Å². The summed E-state index contributed by atoms with van der Waals surface area (Å²) in [5, 5.41) is 12.1. The molecule has 0 bridgehead atoms. The van der Waals surface area contributed by atoms with E-state index in [9.17, 15) is 0 Å². The van der Waals surface area contributed by atoms with Crippen molar-refractivity contribution in [3.05, 3.63) is 33.6 Å². The molecule has 102 valence electrons. The average molecular weight is 345 g/mol. The average Bonchev–Trinajstić information content (AvgIpc) is 2.85. The lowest BCUT2D eigenvalue weighted by Crippen LogP contribution is -2.20. The van der Waals surface area contributed by atoms with Crippen LogP contribution in [0.15, 0.2) is 27.1 Å². The smallest absolute Gasteiger partial charge is 0.249 e. The Balaban J connectivity index is 2.29. The molecule has 1 atom stereocenters. The molecule has 0 saturated carbocycles. The van der Waals surface area contributed by atoms with E-state index >= 15 is 0 Å². The molecule has 0 fully saturated rings. The summed E-state index contributed by atoms with van der Waals surface area (Å²) < 4.78 is 6.63. The van der Waals surface area contributed by atoms with Gasteiger partial charge < -0.3 is 9.73 Å². The van der Waals surface area contributed by atoms with Crippen LogP contribution in [0.2, 0.25) is 5.02 Å². The summed E-state index contributed by atoms with van der Waals surface area (Å²) in [7, 11) is 0. The highest BCUT2D eigenvalue weighted by atomic mass is 79.9. The number of hydrogen-bond donors (Lipinski definition) is 1. The van der Waals surface area contributed by atoms with E-state index in [0.29, 0.717) is 16.8 Å². The number of rotatable bonds is 5. The number of benzene rings is 1. The van der Waals surface area contributed by atoms with Crippen LogP contribution in [0.25, 0.3) is 11.5 Å². The fourth-order valence-electron chi connectivity index (χ4n) is 1.80. The van der Waals surface area contributed by atoms with Crippen molar-refractivity contribution in [1.29, 1.82) is 0 Å². The molecule has 1 unspecified atom stereocenters. The molecule has 1 N–H and O–H groups in total. The molecule has 0 radical (unpaired) electrons. The first-order chi connectivity index (χ1) is 9.15. The van der Waals surface area contributed by atoms with Crippen molar-refractivity contribution >= 4 is 27.5 Å². The van der Waals surface area contributed by atoms with Crippen LogP contribution in [0.5, 0.6) is 0 Å². The molecule has 1 aromatic carbocycles. The van der Waals surface area contributed by atoms with Gasteiger partial charge in [0, 0.05) is 4.47 Å². The van der Waals surface area contributed by atoms with Gasteiger partial charge in [-0.3, -0.25) is 0 Å². The van der Waals surface area contributed by atoms with Crippen LogP contribution in [-0.2, 0) is 0 Å². The first-order valence-corrected chi connectivity index (χ1v) is 7.35. The number of aromatic nitrogens is 2. The summed E-state index contributed by atoms with van der Waals surface area (Å²) in [6, 6.07) is 5.65. The minimum atomic E-state index is 0.0838. The van der Waals surface area contributed by atoms with Crippen LogP contribution in [0.4, 0.5) is 0 Å². The first kappa shape index (κ1) is 14.5. The topological polar surface area (TPSA) is 51.0 Å². The quantitative estimate of drug-likeness (QED) is 0.882. The van der Waals surface area contributed by atoms with Gasteiger partial charge in [-0.2, -0.15) is 0 Å². The highest BCUT2D eigenvalue weighted by molar-refractivity contribution is 9.10. The van der Waals surface area contributed by atoms with Crippen molar-refractivity contribution in [3.63, 3.8) is 0 Å². The van der Waals surface area contributed by atoms with Gasteiger partial charge in [0.25, 0.3) is 0 Å². The van der Waals surface area contributed by atoms with Crippen LogP contribution in [0.3, 0.4) is 0 Å². The lowest BCUT2D eigenvalue weighted by atomic mass is 10.2. The third-order valence-corrected chi connectivity index (χ3v) is 3.56. The Kier molecular flexibility index (Phi) is 4.96. The van der Waals surface area contributed by atoms with Crippen LogP contribution in [-0.4, -0.2) is 16.7 Å². The van der Waals surface area contributed by atoms with Gasteiger partial charge in [0.05, 0.1) is 16.6 Å². The van der Waals surface area contributed by atoms with Gasteiger partial charge in [0.2, 0.25) is 11.8 Å².